The van der Waals surface area contributed by atoms with Gasteiger partial charge in [-0.2, -0.15) is 10.1 Å². The minimum Gasteiger partial charge on any atom is -0.336 e. The molecule has 1 aliphatic heterocycles. The highest BCUT2D eigenvalue weighted by molar-refractivity contribution is 5.95. The third-order valence-corrected chi connectivity index (χ3v) is 5.03. The van der Waals surface area contributed by atoms with Gasteiger partial charge in [0.1, 0.15) is 0 Å². The van der Waals surface area contributed by atoms with E-state index >= 15 is 0 Å². The zero-order valence-electron chi connectivity index (χ0n) is 16.3. The Morgan fingerprint density at radius 3 is 2.61 bits per heavy atom. The SMILES string of the molecule is CCc1noc(-c2ccc(-n3ncc(C(=O)N4CCN(C)CC4)c3C)nc2)n1. The van der Waals surface area contributed by atoms with Crippen LogP contribution in [0.2, 0.25) is 0 Å². The van der Waals surface area contributed by atoms with Gasteiger partial charge in [0.15, 0.2) is 11.6 Å². The van der Waals surface area contributed by atoms with Gasteiger partial charge in [0.2, 0.25) is 0 Å². The highest BCUT2D eigenvalue weighted by atomic mass is 16.5. The molecule has 0 atom stereocenters. The number of carbonyl (C=O) groups excluding carboxylic acids is 1. The van der Waals surface area contributed by atoms with Crippen LogP contribution in [-0.2, 0) is 6.42 Å². The minimum absolute atomic E-state index is 0.0198. The van der Waals surface area contributed by atoms with Gasteiger partial charge in [-0.25, -0.2) is 9.67 Å². The average molecular weight is 381 g/mol. The van der Waals surface area contributed by atoms with Crippen molar-refractivity contribution >= 4 is 5.91 Å². The number of nitrogens with zero attached hydrogens (tertiary/aromatic N) is 7. The van der Waals surface area contributed by atoms with E-state index < -0.39 is 0 Å². The van der Waals surface area contributed by atoms with E-state index in [0.29, 0.717) is 29.5 Å². The van der Waals surface area contributed by atoms with Crippen LogP contribution in [0.25, 0.3) is 17.3 Å². The smallest absolute Gasteiger partial charge is 0.259 e. The lowest BCUT2D eigenvalue weighted by molar-refractivity contribution is 0.0663. The van der Waals surface area contributed by atoms with Gasteiger partial charge in [0.25, 0.3) is 11.8 Å². The van der Waals surface area contributed by atoms with Crippen molar-refractivity contribution in [2.24, 2.45) is 0 Å². The molecule has 0 spiro atoms. The molecule has 0 unspecified atom stereocenters. The fourth-order valence-corrected chi connectivity index (χ4v) is 3.18. The van der Waals surface area contributed by atoms with Crippen LogP contribution in [0.5, 0.6) is 0 Å². The summed E-state index contributed by atoms with van der Waals surface area (Å²) < 4.78 is 6.92. The number of pyridine rings is 1. The molecule has 0 radical (unpaired) electrons. The second-order valence-electron chi connectivity index (χ2n) is 6.93. The lowest BCUT2D eigenvalue weighted by atomic mass is 10.2. The van der Waals surface area contributed by atoms with Crippen LogP contribution in [0.15, 0.2) is 29.0 Å². The zero-order valence-corrected chi connectivity index (χ0v) is 16.3. The van der Waals surface area contributed by atoms with Gasteiger partial charge < -0.3 is 14.3 Å². The quantitative estimate of drug-likeness (QED) is 0.677. The summed E-state index contributed by atoms with van der Waals surface area (Å²) in [7, 11) is 2.07. The standard InChI is InChI=1S/C19H23N7O2/c1-4-16-22-18(28-23-16)14-5-6-17(20-11-14)26-13(2)15(12-21-26)19(27)25-9-7-24(3)8-10-25/h5-6,11-12H,4,7-10H2,1-3H3. The molecule has 3 aromatic heterocycles. The number of hydrogen-bond donors (Lipinski definition) is 0. The van der Waals surface area contributed by atoms with E-state index in [9.17, 15) is 4.79 Å². The summed E-state index contributed by atoms with van der Waals surface area (Å²) in [6.07, 6.45) is 4.01. The van der Waals surface area contributed by atoms with Crippen molar-refractivity contribution in [3.63, 3.8) is 0 Å². The van der Waals surface area contributed by atoms with E-state index in [-0.39, 0.29) is 5.91 Å². The highest BCUT2D eigenvalue weighted by Crippen LogP contribution is 2.20. The Hall–Kier alpha value is -3.07. The van der Waals surface area contributed by atoms with Gasteiger partial charge in [-0.3, -0.25) is 4.79 Å². The van der Waals surface area contributed by atoms with Gasteiger partial charge in [-0.15, -0.1) is 0 Å². The third kappa shape index (κ3) is 3.40. The van der Waals surface area contributed by atoms with Crippen molar-refractivity contribution in [2.75, 3.05) is 33.2 Å². The summed E-state index contributed by atoms with van der Waals surface area (Å²) in [6.45, 7) is 7.09. The molecule has 4 rings (SSSR count). The Kier molecular flexibility index (Phi) is 4.91. The summed E-state index contributed by atoms with van der Waals surface area (Å²) in [5, 5.41) is 8.28. The minimum atomic E-state index is 0.0198. The molecule has 1 saturated heterocycles. The Bertz CT molecular complexity index is 969. The van der Waals surface area contributed by atoms with Crippen LogP contribution >= 0.6 is 0 Å². The van der Waals surface area contributed by atoms with E-state index in [2.05, 4.69) is 32.2 Å². The summed E-state index contributed by atoms with van der Waals surface area (Å²) in [5.74, 6) is 1.76. The van der Waals surface area contributed by atoms with Crippen LogP contribution in [0.3, 0.4) is 0 Å². The number of piperazine rings is 1. The van der Waals surface area contributed by atoms with Crippen molar-refractivity contribution < 1.29 is 9.32 Å². The van der Waals surface area contributed by atoms with Crippen molar-refractivity contribution in [3.8, 4) is 17.3 Å². The third-order valence-electron chi connectivity index (χ3n) is 5.03. The molecule has 0 saturated carbocycles. The van der Waals surface area contributed by atoms with Crippen LogP contribution in [0.4, 0.5) is 0 Å². The van der Waals surface area contributed by atoms with Crippen molar-refractivity contribution in [1.29, 1.82) is 0 Å². The number of aryl methyl sites for hydroxylation is 1. The van der Waals surface area contributed by atoms with E-state index in [1.807, 2.05) is 30.9 Å². The van der Waals surface area contributed by atoms with Crippen LogP contribution in [0, 0.1) is 6.92 Å². The monoisotopic (exact) mass is 381 g/mol. The highest BCUT2D eigenvalue weighted by Gasteiger charge is 2.24. The fourth-order valence-electron chi connectivity index (χ4n) is 3.18. The van der Waals surface area contributed by atoms with Gasteiger partial charge >= 0.3 is 0 Å². The number of carbonyl (C=O) groups is 1. The Balaban J connectivity index is 1.54. The first-order chi connectivity index (χ1) is 13.6. The topological polar surface area (TPSA) is 93.2 Å². The summed E-state index contributed by atoms with van der Waals surface area (Å²) in [6, 6.07) is 3.69. The first kappa shape index (κ1) is 18.3. The number of rotatable bonds is 4. The summed E-state index contributed by atoms with van der Waals surface area (Å²) in [4.78, 5) is 25.7. The molecular weight excluding hydrogens is 358 g/mol. The summed E-state index contributed by atoms with van der Waals surface area (Å²) >= 11 is 0. The maximum absolute atomic E-state index is 12.8. The zero-order chi connectivity index (χ0) is 19.7. The second-order valence-corrected chi connectivity index (χ2v) is 6.93. The molecule has 0 bridgehead atoms. The van der Waals surface area contributed by atoms with E-state index in [1.54, 1.807) is 17.1 Å². The molecule has 1 aliphatic rings. The molecule has 1 amide bonds. The normalized spacial score (nSPS) is 15.2. The first-order valence-corrected chi connectivity index (χ1v) is 9.38. The van der Waals surface area contributed by atoms with Gasteiger partial charge in [0, 0.05) is 38.8 Å². The molecule has 0 N–H and O–H groups in total. The molecule has 3 aromatic rings. The molecule has 0 aromatic carbocycles. The van der Waals surface area contributed by atoms with Crippen molar-refractivity contribution in [2.45, 2.75) is 20.3 Å². The first-order valence-electron chi connectivity index (χ1n) is 9.38. The van der Waals surface area contributed by atoms with Crippen molar-refractivity contribution in [3.05, 3.63) is 41.6 Å². The van der Waals surface area contributed by atoms with Gasteiger partial charge in [-0.05, 0) is 26.1 Å². The Morgan fingerprint density at radius 2 is 1.96 bits per heavy atom. The number of aromatic nitrogens is 5. The fraction of sp³-hybridized carbons (Fsp3) is 0.421. The molecule has 4 heterocycles. The second kappa shape index (κ2) is 7.51. The van der Waals surface area contributed by atoms with Gasteiger partial charge in [-0.1, -0.05) is 12.1 Å². The Labute approximate surface area is 163 Å². The lowest BCUT2D eigenvalue weighted by Crippen LogP contribution is -2.47. The summed E-state index contributed by atoms with van der Waals surface area (Å²) in [5.41, 5.74) is 2.13. The molecule has 1 fully saturated rings. The lowest BCUT2D eigenvalue weighted by Gasteiger charge is -2.32. The number of hydrogen-bond acceptors (Lipinski definition) is 7. The van der Waals surface area contributed by atoms with Crippen molar-refractivity contribution in [1.82, 2.24) is 34.7 Å². The molecule has 9 heteroatoms. The Morgan fingerprint density at radius 1 is 1.18 bits per heavy atom. The predicted octanol–water partition coefficient (Wildman–Crippen LogP) is 1.58. The molecule has 0 aliphatic carbocycles. The molecule has 28 heavy (non-hydrogen) atoms. The van der Waals surface area contributed by atoms with E-state index in [1.165, 1.54) is 0 Å². The van der Waals surface area contributed by atoms with Gasteiger partial charge in [0.05, 0.1) is 23.0 Å². The maximum atomic E-state index is 12.8. The van der Waals surface area contributed by atoms with Crippen LogP contribution in [0.1, 0.15) is 28.8 Å². The van der Waals surface area contributed by atoms with Crippen LogP contribution in [-0.4, -0.2) is 73.8 Å². The largest absolute Gasteiger partial charge is 0.336 e. The molecular formula is C19H23N7O2. The van der Waals surface area contributed by atoms with E-state index in [0.717, 1.165) is 37.4 Å². The van der Waals surface area contributed by atoms with Crippen LogP contribution < -0.4 is 0 Å². The molecule has 9 nitrogen and oxygen atoms in total. The maximum Gasteiger partial charge on any atom is 0.259 e. The molecule has 146 valence electrons. The predicted molar refractivity (Wildman–Crippen MR) is 102 cm³/mol. The van der Waals surface area contributed by atoms with E-state index in [4.69, 9.17) is 4.52 Å². The number of amides is 1. The number of likely N-dealkylation sites (N-methyl/N-ethyl adjacent to an activating group) is 1. The average Bonchev–Trinajstić information content (AvgIpc) is 3.35.